The maximum atomic E-state index is 6.22. The van der Waals surface area contributed by atoms with Gasteiger partial charge in [0.1, 0.15) is 0 Å². The minimum Gasteiger partial charge on any atom is -0.493 e. The fraction of sp³-hybridized carbons (Fsp3) is 0.222. The summed E-state index contributed by atoms with van der Waals surface area (Å²) in [5.41, 5.74) is 1.70. The van der Waals surface area contributed by atoms with Crippen LogP contribution in [0.5, 0.6) is 17.2 Å². The highest BCUT2D eigenvalue weighted by atomic mass is 35.5. The van der Waals surface area contributed by atoms with Crippen LogP contribution in [0.15, 0.2) is 41.6 Å². The smallest absolute Gasteiger partial charge is 0.210 e. The average Bonchev–Trinajstić information content (AvgIpc) is 3.06. The molecule has 0 saturated carbocycles. The number of nitrogens with zero attached hydrogens (tertiary/aromatic N) is 3. The Morgan fingerprint density at radius 2 is 1.70 bits per heavy atom. The number of halogens is 1. The van der Waals surface area contributed by atoms with Gasteiger partial charge in [-0.2, -0.15) is 0 Å². The largest absolute Gasteiger partial charge is 0.493 e. The van der Waals surface area contributed by atoms with Gasteiger partial charge in [-0.3, -0.25) is 0 Å². The maximum absolute atomic E-state index is 6.22. The molecule has 0 unspecified atom stereocenters. The van der Waals surface area contributed by atoms with Crippen LogP contribution in [-0.4, -0.2) is 36.2 Å². The molecule has 0 saturated heterocycles. The second kappa shape index (κ2) is 8.41. The molecule has 2 aromatic carbocycles. The van der Waals surface area contributed by atoms with Crippen molar-refractivity contribution in [3.63, 3.8) is 0 Å². The van der Waals surface area contributed by atoms with E-state index in [9.17, 15) is 0 Å². The Hall–Kier alpha value is -2.58. The number of hydrogen-bond acceptors (Lipinski definition) is 7. The molecule has 0 atom stereocenters. The molecule has 1 aromatic heterocycles. The molecule has 0 bridgehead atoms. The summed E-state index contributed by atoms with van der Waals surface area (Å²) in [6.45, 7) is 0. The zero-order chi connectivity index (χ0) is 19.4. The van der Waals surface area contributed by atoms with Crippen LogP contribution < -0.4 is 20.1 Å². The molecule has 9 heteroatoms. The second-order valence-electron chi connectivity index (χ2n) is 5.47. The quantitative estimate of drug-likeness (QED) is 0.473. The highest BCUT2D eigenvalue weighted by molar-refractivity contribution is 7.98. The van der Waals surface area contributed by atoms with Crippen molar-refractivity contribution >= 4 is 23.4 Å². The third-order valence-electron chi connectivity index (χ3n) is 3.90. The Labute approximate surface area is 166 Å². The van der Waals surface area contributed by atoms with Gasteiger partial charge in [0, 0.05) is 16.3 Å². The summed E-state index contributed by atoms with van der Waals surface area (Å²) in [4.78, 5) is 0. The summed E-state index contributed by atoms with van der Waals surface area (Å²) in [7, 11) is 4.66. The van der Waals surface area contributed by atoms with Crippen LogP contribution in [0.3, 0.4) is 0 Å². The van der Waals surface area contributed by atoms with Crippen LogP contribution in [0.4, 0.5) is 0 Å². The zero-order valence-corrected chi connectivity index (χ0v) is 16.7. The lowest BCUT2D eigenvalue weighted by atomic mass is 10.1. The molecular formula is C18H19ClN4O3S. The Balaban J connectivity index is 1.90. The molecule has 0 radical (unpaired) electrons. The van der Waals surface area contributed by atoms with E-state index in [1.165, 1.54) is 16.4 Å². The number of thioether (sulfide) groups is 1. The van der Waals surface area contributed by atoms with E-state index in [0.717, 1.165) is 5.56 Å². The van der Waals surface area contributed by atoms with Crippen molar-refractivity contribution in [3.05, 3.63) is 47.0 Å². The molecule has 3 aromatic rings. The number of benzene rings is 2. The van der Waals surface area contributed by atoms with E-state index in [2.05, 4.69) is 10.2 Å². The monoisotopic (exact) mass is 406 g/mol. The van der Waals surface area contributed by atoms with Gasteiger partial charge in [0.2, 0.25) is 10.9 Å². The summed E-state index contributed by atoms with van der Waals surface area (Å²) in [5.74, 6) is 8.86. The Morgan fingerprint density at radius 1 is 1.04 bits per heavy atom. The van der Waals surface area contributed by atoms with E-state index in [-0.39, 0.29) is 0 Å². The van der Waals surface area contributed by atoms with Gasteiger partial charge < -0.3 is 20.1 Å². The fourth-order valence-electron chi connectivity index (χ4n) is 2.54. The average molecular weight is 407 g/mol. The van der Waals surface area contributed by atoms with Gasteiger partial charge in [-0.05, 0) is 23.8 Å². The van der Waals surface area contributed by atoms with Gasteiger partial charge in [-0.15, -0.1) is 10.2 Å². The number of nitrogen functional groups attached to an aromatic ring is 1. The second-order valence-corrected chi connectivity index (χ2v) is 6.82. The zero-order valence-electron chi connectivity index (χ0n) is 15.1. The third kappa shape index (κ3) is 3.91. The summed E-state index contributed by atoms with van der Waals surface area (Å²) in [5, 5.41) is 9.67. The molecule has 7 nitrogen and oxygen atoms in total. The van der Waals surface area contributed by atoms with Gasteiger partial charge in [-0.1, -0.05) is 41.6 Å². The number of ether oxygens (including phenoxy) is 3. The highest BCUT2D eigenvalue weighted by Gasteiger charge is 2.19. The molecule has 27 heavy (non-hydrogen) atoms. The van der Waals surface area contributed by atoms with E-state index in [1.807, 2.05) is 24.3 Å². The van der Waals surface area contributed by atoms with E-state index in [0.29, 0.717) is 44.6 Å². The van der Waals surface area contributed by atoms with Crippen molar-refractivity contribution in [1.82, 2.24) is 14.9 Å². The summed E-state index contributed by atoms with van der Waals surface area (Å²) in [6, 6.07) is 11.2. The minimum atomic E-state index is 0.482. The topological polar surface area (TPSA) is 84.4 Å². The number of methoxy groups -OCH3 is 3. The molecular weight excluding hydrogens is 388 g/mol. The first-order valence-electron chi connectivity index (χ1n) is 7.96. The maximum Gasteiger partial charge on any atom is 0.210 e. The number of rotatable bonds is 7. The third-order valence-corrected chi connectivity index (χ3v) is 5.26. The molecule has 0 fully saturated rings. The Bertz CT molecular complexity index is 923. The molecule has 0 spiro atoms. The standard InChI is InChI=1S/C18H19ClN4O3S/c1-24-14-8-12(9-15(25-2)16(14)26-3)17-21-22-18(23(17)20)27-10-11-6-4-5-7-13(11)19/h4-9H,10,20H2,1-3H3. The summed E-state index contributed by atoms with van der Waals surface area (Å²) in [6.07, 6.45) is 0. The molecule has 142 valence electrons. The summed E-state index contributed by atoms with van der Waals surface area (Å²) >= 11 is 7.65. The fourth-order valence-corrected chi connectivity index (χ4v) is 3.68. The lowest BCUT2D eigenvalue weighted by molar-refractivity contribution is 0.324. The molecule has 1 heterocycles. The van der Waals surface area contributed by atoms with E-state index in [1.54, 1.807) is 33.5 Å². The van der Waals surface area contributed by atoms with E-state index in [4.69, 9.17) is 31.7 Å². The van der Waals surface area contributed by atoms with Gasteiger partial charge in [0.05, 0.1) is 21.3 Å². The van der Waals surface area contributed by atoms with Crippen LogP contribution in [0.1, 0.15) is 5.56 Å². The highest BCUT2D eigenvalue weighted by Crippen LogP contribution is 2.41. The molecule has 2 N–H and O–H groups in total. The molecule has 3 rings (SSSR count). The van der Waals surface area contributed by atoms with Crippen molar-refractivity contribution in [2.45, 2.75) is 10.9 Å². The first-order valence-corrected chi connectivity index (χ1v) is 9.32. The Kier molecular flexibility index (Phi) is 5.98. The van der Waals surface area contributed by atoms with Gasteiger partial charge in [-0.25, -0.2) is 4.68 Å². The van der Waals surface area contributed by atoms with Crippen molar-refractivity contribution < 1.29 is 14.2 Å². The molecule has 0 amide bonds. The lowest BCUT2D eigenvalue weighted by Crippen LogP contribution is -2.11. The van der Waals surface area contributed by atoms with Crippen LogP contribution in [0, 0.1) is 0 Å². The SMILES string of the molecule is COc1cc(-c2nnc(SCc3ccccc3Cl)n2N)cc(OC)c1OC. The van der Waals surface area contributed by atoms with Crippen molar-refractivity contribution in [2.24, 2.45) is 0 Å². The minimum absolute atomic E-state index is 0.482. The normalized spacial score (nSPS) is 10.7. The molecule has 0 aliphatic carbocycles. The predicted octanol–water partition coefficient (Wildman–Crippen LogP) is 3.63. The number of nitrogens with two attached hydrogens (primary N) is 1. The van der Waals surface area contributed by atoms with Crippen molar-refractivity contribution in [1.29, 1.82) is 0 Å². The lowest BCUT2D eigenvalue weighted by Gasteiger charge is -2.13. The van der Waals surface area contributed by atoms with Crippen LogP contribution in [0.25, 0.3) is 11.4 Å². The predicted molar refractivity (Wildman–Crippen MR) is 106 cm³/mol. The van der Waals surface area contributed by atoms with Crippen LogP contribution in [0.2, 0.25) is 5.02 Å². The van der Waals surface area contributed by atoms with Crippen LogP contribution >= 0.6 is 23.4 Å². The van der Waals surface area contributed by atoms with E-state index < -0.39 is 0 Å². The van der Waals surface area contributed by atoms with E-state index >= 15 is 0 Å². The Morgan fingerprint density at radius 3 is 2.30 bits per heavy atom. The van der Waals surface area contributed by atoms with Gasteiger partial charge in [0.15, 0.2) is 17.3 Å². The first-order chi connectivity index (χ1) is 13.1. The van der Waals surface area contributed by atoms with Gasteiger partial charge in [0.25, 0.3) is 0 Å². The summed E-state index contributed by atoms with van der Waals surface area (Å²) < 4.78 is 17.5. The molecule has 0 aliphatic rings. The first kappa shape index (κ1) is 19.2. The number of hydrogen-bond donors (Lipinski definition) is 1. The molecule has 0 aliphatic heterocycles. The number of aromatic nitrogens is 3. The van der Waals surface area contributed by atoms with Crippen molar-refractivity contribution in [2.75, 3.05) is 27.2 Å². The van der Waals surface area contributed by atoms with Crippen molar-refractivity contribution in [3.8, 4) is 28.6 Å². The van der Waals surface area contributed by atoms with Gasteiger partial charge >= 0.3 is 0 Å². The van der Waals surface area contributed by atoms with Crippen LogP contribution in [-0.2, 0) is 5.75 Å².